The summed E-state index contributed by atoms with van der Waals surface area (Å²) in [5.74, 6) is 0.0656. The number of carbonyl (C=O) groups is 1. The van der Waals surface area contributed by atoms with Gasteiger partial charge in [-0.2, -0.15) is 0 Å². The summed E-state index contributed by atoms with van der Waals surface area (Å²) in [7, 11) is 0. The largest absolute Gasteiger partial charge is 0.310 e. The van der Waals surface area contributed by atoms with E-state index < -0.39 is 0 Å². The Labute approximate surface area is 123 Å². The molecule has 3 heteroatoms. The Morgan fingerprint density at radius 3 is 2.90 bits per heavy atom. The van der Waals surface area contributed by atoms with Gasteiger partial charge in [-0.25, -0.2) is 0 Å². The number of benzene rings is 2. The highest BCUT2D eigenvalue weighted by molar-refractivity contribution is 7.94. The van der Waals surface area contributed by atoms with Crippen molar-refractivity contribution in [1.29, 1.82) is 0 Å². The first kappa shape index (κ1) is 13.4. The Balaban J connectivity index is 2.01. The van der Waals surface area contributed by atoms with Crippen molar-refractivity contribution in [2.45, 2.75) is 24.7 Å². The van der Waals surface area contributed by atoms with E-state index in [4.69, 9.17) is 4.18 Å². The predicted octanol–water partition coefficient (Wildman–Crippen LogP) is 4.87. The second kappa shape index (κ2) is 5.81. The Morgan fingerprint density at radius 1 is 1.15 bits per heavy atom. The van der Waals surface area contributed by atoms with Gasteiger partial charge >= 0.3 is 0 Å². The van der Waals surface area contributed by atoms with Crippen LogP contribution < -0.4 is 0 Å². The van der Waals surface area contributed by atoms with Gasteiger partial charge in [0.05, 0.1) is 6.61 Å². The maximum Gasteiger partial charge on any atom is 0.187 e. The number of rotatable bonds is 5. The van der Waals surface area contributed by atoms with Crippen molar-refractivity contribution < 1.29 is 8.98 Å². The lowest BCUT2D eigenvalue weighted by Gasteiger charge is -2.15. The van der Waals surface area contributed by atoms with Gasteiger partial charge in [0, 0.05) is 27.9 Å². The minimum atomic E-state index is 0.0656. The minimum absolute atomic E-state index is 0.0656. The number of ketones is 1. The maximum absolute atomic E-state index is 12.2. The molecule has 0 saturated carbocycles. The Kier molecular flexibility index (Phi) is 3.90. The first-order valence-electron chi connectivity index (χ1n) is 6.89. The van der Waals surface area contributed by atoms with Crippen LogP contribution in [0, 0.1) is 0 Å². The SMILES string of the molecule is CCCCOSc1ccc2cccc3c2c1C(=O)C=C3. The van der Waals surface area contributed by atoms with Gasteiger partial charge in [0.25, 0.3) is 0 Å². The Bertz CT molecular complexity index is 689. The standard InChI is InChI=1S/C17H16O2S/c1-2-3-11-19-20-15-10-8-13-6-4-5-12-7-9-14(18)17(15)16(12)13/h4-10H,2-3,11H2,1H3. The lowest BCUT2D eigenvalue weighted by molar-refractivity contribution is 0.104. The summed E-state index contributed by atoms with van der Waals surface area (Å²) in [6.45, 7) is 2.85. The first-order chi connectivity index (χ1) is 9.81. The van der Waals surface area contributed by atoms with E-state index >= 15 is 0 Å². The zero-order valence-corrected chi connectivity index (χ0v) is 12.2. The molecule has 0 bridgehead atoms. The average molecular weight is 284 g/mol. The molecular weight excluding hydrogens is 268 g/mol. The molecule has 1 aliphatic rings. The molecular formula is C17H16O2S. The summed E-state index contributed by atoms with van der Waals surface area (Å²) in [4.78, 5) is 13.1. The lowest BCUT2D eigenvalue weighted by Crippen LogP contribution is -2.04. The predicted molar refractivity (Wildman–Crippen MR) is 84.0 cm³/mol. The number of allylic oxidation sites excluding steroid dienone is 1. The van der Waals surface area contributed by atoms with Gasteiger partial charge in [-0.3, -0.25) is 4.79 Å². The average Bonchev–Trinajstić information content (AvgIpc) is 2.48. The van der Waals surface area contributed by atoms with Gasteiger partial charge in [0.15, 0.2) is 5.78 Å². The van der Waals surface area contributed by atoms with Gasteiger partial charge in [-0.15, -0.1) is 0 Å². The van der Waals surface area contributed by atoms with Gasteiger partial charge in [0.2, 0.25) is 0 Å². The number of carbonyl (C=O) groups excluding carboxylic acids is 1. The molecule has 3 rings (SSSR count). The highest BCUT2D eigenvalue weighted by atomic mass is 32.2. The molecule has 0 aromatic heterocycles. The van der Waals surface area contributed by atoms with Crippen LogP contribution in [0.5, 0.6) is 0 Å². The van der Waals surface area contributed by atoms with Crippen LogP contribution in [-0.2, 0) is 4.18 Å². The molecule has 0 spiro atoms. The molecule has 1 aliphatic carbocycles. The maximum atomic E-state index is 12.2. The minimum Gasteiger partial charge on any atom is -0.310 e. The normalized spacial score (nSPS) is 13.2. The van der Waals surface area contributed by atoms with E-state index in [2.05, 4.69) is 13.0 Å². The van der Waals surface area contributed by atoms with Crippen molar-refractivity contribution in [3.8, 4) is 0 Å². The van der Waals surface area contributed by atoms with Crippen molar-refractivity contribution in [3.05, 3.63) is 47.5 Å². The van der Waals surface area contributed by atoms with Crippen LogP contribution in [0.25, 0.3) is 16.8 Å². The Hall–Kier alpha value is -1.58. The van der Waals surface area contributed by atoms with Gasteiger partial charge in [-0.05, 0) is 29.5 Å². The molecule has 0 N–H and O–H groups in total. The van der Waals surface area contributed by atoms with Crippen molar-refractivity contribution in [3.63, 3.8) is 0 Å². The van der Waals surface area contributed by atoms with E-state index in [0.717, 1.165) is 39.6 Å². The third kappa shape index (κ3) is 2.39. The van der Waals surface area contributed by atoms with E-state index in [9.17, 15) is 4.79 Å². The van der Waals surface area contributed by atoms with Gasteiger partial charge in [-0.1, -0.05) is 43.7 Å². The third-order valence-electron chi connectivity index (χ3n) is 3.43. The number of hydrogen-bond acceptors (Lipinski definition) is 3. The van der Waals surface area contributed by atoms with Gasteiger partial charge in [0.1, 0.15) is 0 Å². The van der Waals surface area contributed by atoms with Crippen LogP contribution in [0.4, 0.5) is 0 Å². The molecule has 0 saturated heterocycles. The highest BCUT2D eigenvalue weighted by Crippen LogP contribution is 2.35. The van der Waals surface area contributed by atoms with Gasteiger partial charge < -0.3 is 4.18 Å². The summed E-state index contributed by atoms with van der Waals surface area (Å²) in [6.07, 6.45) is 5.68. The molecule has 0 radical (unpaired) electrons. The topological polar surface area (TPSA) is 26.3 Å². The fourth-order valence-corrected chi connectivity index (χ4v) is 3.14. The van der Waals surface area contributed by atoms with Crippen LogP contribution in [0.2, 0.25) is 0 Å². The van der Waals surface area contributed by atoms with Crippen molar-refractivity contribution >= 4 is 34.7 Å². The second-order valence-corrected chi connectivity index (χ2v) is 5.68. The number of unbranched alkanes of at least 4 members (excludes halogenated alkanes) is 1. The Morgan fingerprint density at radius 2 is 2.05 bits per heavy atom. The molecule has 2 aromatic rings. The summed E-state index contributed by atoms with van der Waals surface area (Å²) >= 11 is 1.32. The van der Waals surface area contributed by atoms with Crippen molar-refractivity contribution in [2.75, 3.05) is 6.61 Å². The monoisotopic (exact) mass is 284 g/mol. The van der Waals surface area contributed by atoms with Crippen molar-refractivity contribution in [1.82, 2.24) is 0 Å². The smallest absolute Gasteiger partial charge is 0.187 e. The fourth-order valence-electron chi connectivity index (χ4n) is 2.40. The number of hydrogen-bond donors (Lipinski definition) is 0. The van der Waals surface area contributed by atoms with E-state index in [1.54, 1.807) is 6.08 Å². The van der Waals surface area contributed by atoms with E-state index in [-0.39, 0.29) is 5.78 Å². The molecule has 0 amide bonds. The van der Waals surface area contributed by atoms with E-state index in [1.807, 2.05) is 30.3 Å². The third-order valence-corrected chi connectivity index (χ3v) is 4.23. The molecule has 0 atom stereocenters. The van der Waals surface area contributed by atoms with Crippen LogP contribution >= 0.6 is 12.0 Å². The summed E-state index contributed by atoms with van der Waals surface area (Å²) in [5, 5.41) is 2.15. The molecule has 102 valence electrons. The molecule has 2 nitrogen and oxygen atoms in total. The summed E-state index contributed by atoms with van der Waals surface area (Å²) in [6, 6.07) is 10.1. The van der Waals surface area contributed by atoms with E-state index in [0.29, 0.717) is 6.61 Å². The van der Waals surface area contributed by atoms with Crippen LogP contribution in [0.1, 0.15) is 35.7 Å². The zero-order valence-electron chi connectivity index (χ0n) is 11.4. The highest BCUT2D eigenvalue weighted by Gasteiger charge is 2.19. The molecule has 0 fully saturated rings. The lowest BCUT2D eigenvalue weighted by atomic mass is 9.92. The van der Waals surface area contributed by atoms with Crippen molar-refractivity contribution in [2.24, 2.45) is 0 Å². The summed E-state index contributed by atoms with van der Waals surface area (Å²) < 4.78 is 5.60. The van der Waals surface area contributed by atoms with Crippen LogP contribution in [0.15, 0.2) is 41.3 Å². The fraction of sp³-hybridized carbons (Fsp3) is 0.235. The van der Waals surface area contributed by atoms with E-state index in [1.165, 1.54) is 12.0 Å². The molecule has 0 unspecified atom stereocenters. The summed E-state index contributed by atoms with van der Waals surface area (Å²) in [5.41, 5.74) is 1.88. The molecule has 0 heterocycles. The molecule has 2 aromatic carbocycles. The zero-order chi connectivity index (χ0) is 13.9. The van der Waals surface area contributed by atoms with Crippen LogP contribution in [-0.4, -0.2) is 12.4 Å². The quantitative estimate of drug-likeness (QED) is 0.578. The van der Waals surface area contributed by atoms with Crippen LogP contribution in [0.3, 0.4) is 0 Å². The first-order valence-corrected chi connectivity index (χ1v) is 7.63. The molecule has 0 aliphatic heterocycles. The second-order valence-electron chi connectivity index (χ2n) is 4.84. The molecule has 20 heavy (non-hydrogen) atoms.